The fraction of sp³-hybridized carbons (Fsp3) is 0.368. The third-order valence-corrected chi connectivity index (χ3v) is 5.52. The van der Waals surface area contributed by atoms with E-state index in [1.54, 1.807) is 0 Å². The number of nitrogens with zero attached hydrogens (tertiary/aromatic N) is 2. The molecule has 0 radical (unpaired) electrons. The Morgan fingerprint density at radius 1 is 1.08 bits per heavy atom. The van der Waals surface area contributed by atoms with Gasteiger partial charge in [0, 0.05) is 31.9 Å². The molecule has 132 valence electrons. The highest BCUT2D eigenvalue weighted by Gasteiger charge is 2.28. The van der Waals surface area contributed by atoms with Crippen molar-refractivity contribution in [1.29, 1.82) is 0 Å². The van der Waals surface area contributed by atoms with Crippen LogP contribution in [0, 0.1) is 6.92 Å². The van der Waals surface area contributed by atoms with Crippen molar-refractivity contribution in [3.05, 3.63) is 52.2 Å². The van der Waals surface area contributed by atoms with E-state index >= 15 is 0 Å². The molecule has 1 atom stereocenters. The molecule has 0 unspecified atom stereocenters. The number of carbonyl (C=O) groups excluding carboxylic acids is 2. The Morgan fingerprint density at radius 2 is 1.80 bits per heavy atom. The van der Waals surface area contributed by atoms with Crippen LogP contribution in [0.1, 0.15) is 22.2 Å². The van der Waals surface area contributed by atoms with Crippen molar-refractivity contribution in [2.45, 2.75) is 19.9 Å². The molecule has 6 heteroatoms. The summed E-state index contributed by atoms with van der Waals surface area (Å²) in [7, 11) is 0. The van der Waals surface area contributed by atoms with Gasteiger partial charge >= 0.3 is 0 Å². The Bertz CT molecular complexity index is 737. The van der Waals surface area contributed by atoms with E-state index in [2.05, 4.69) is 10.2 Å². The molecule has 1 fully saturated rings. The summed E-state index contributed by atoms with van der Waals surface area (Å²) < 4.78 is 0. The van der Waals surface area contributed by atoms with Crippen LogP contribution >= 0.6 is 11.3 Å². The molecule has 0 aliphatic carbocycles. The lowest BCUT2D eigenvalue weighted by Crippen LogP contribution is -2.54. The van der Waals surface area contributed by atoms with Crippen molar-refractivity contribution in [3.8, 4) is 0 Å². The average molecular weight is 357 g/mol. The van der Waals surface area contributed by atoms with Crippen LogP contribution in [-0.2, 0) is 4.79 Å². The minimum absolute atomic E-state index is 0.00710. The molecule has 25 heavy (non-hydrogen) atoms. The van der Waals surface area contributed by atoms with Crippen LogP contribution < -0.4 is 5.32 Å². The number of hydrogen-bond donors (Lipinski definition) is 1. The van der Waals surface area contributed by atoms with E-state index in [1.165, 1.54) is 11.3 Å². The predicted molar refractivity (Wildman–Crippen MR) is 101 cm³/mol. The van der Waals surface area contributed by atoms with Gasteiger partial charge in [-0.1, -0.05) is 24.3 Å². The van der Waals surface area contributed by atoms with Crippen LogP contribution in [-0.4, -0.2) is 53.8 Å². The van der Waals surface area contributed by atoms with Crippen LogP contribution in [0.3, 0.4) is 0 Å². The SMILES string of the molecule is Cc1ccccc1NC(=O)[C@@H](C)N1CCN(C(=O)c2cccs2)CC1. The van der Waals surface area contributed by atoms with Gasteiger partial charge in [-0.3, -0.25) is 14.5 Å². The van der Waals surface area contributed by atoms with Crippen LogP contribution in [0.4, 0.5) is 5.69 Å². The van der Waals surface area contributed by atoms with Crippen molar-refractivity contribution in [2.24, 2.45) is 0 Å². The Hall–Kier alpha value is -2.18. The molecule has 1 aliphatic rings. The smallest absolute Gasteiger partial charge is 0.264 e. The van der Waals surface area contributed by atoms with Gasteiger partial charge in [0.05, 0.1) is 10.9 Å². The van der Waals surface area contributed by atoms with E-state index in [1.807, 2.05) is 60.5 Å². The zero-order valence-corrected chi connectivity index (χ0v) is 15.4. The summed E-state index contributed by atoms with van der Waals surface area (Å²) in [5, 5.41) is 4.92. The van der Waals surface area contributed by atoms with Crippen LogP contribution in [0.2, 0.25) is 0 Å². The first-order chi connectivity index (χ1) is 12.1. The number of nitrogens with one attached hydrogen (secondary N) is 1. The molecule has 0 bridgehead atoms. The van der Waals surface area contributed by atoms with Gasteiger partial charge in [-0.2, -0.15) is 0 Å². The lowest BCUT2D eigenvalue weighted by Gasteiger charge is -2.37. The number of thiophene rings is 1. The highest BCUT2D eigenvalue weighted by atomic mass is 32.1. The van der Waals surface area contributed by atoms with Gasteiger partial charge in [0.2, 0.25) is 5.91 Å². The lowest BCUT2D eigenvalue weighted by atomic mass is 10.1. The molecule has 0 spiro atoms. The summed E-state index contributed by atoms with van der Waals surface area (Å²) in [6.07, 6.45) is 0. The van der Waals surface area contributed by atoms with Gasteiger partial charge in [0.25, 0.3) is 5.91 Å². The maximum atomic E-state index is 12.5. The second-order valence-electron chi connectivity index (χ2n) is 6.29. The van der Waals surface area contributed by atoms with Crippen LogP contribution in [0.25, 0.3) is 0 Å². The third-order valence-electron chi connectivity index (χ3n) is 4.66. The van der Waals surface area contributed by atoms with E-state index in [-0.39, 0.29) is 17.9 Å². The Balaban J connectivity index is 1.54. The van der Waals surface area contributed by atoms with Crippen molar-refractivity contribution < 1.29 is 9.59 Å². The van der Waals surface area contributed by atoms with E-state index in [0.29, 0.717) is 26.2 Å². The molecule has 2 aromatic rings. The molecular weight excluding hydrogens is 334 g/mol. The number of para-hydroxylation sites is 1. The number of benzene rings is 1. The molecular formula is C19H23N3O2S. The van der Waals surface area contributed by atoms with Gasteiger partial charge in [0.15, 0.2) is 0 Å². The number of anilines is 1. The second-order valence-corrected chi connectivity index (χ2v) is 7.23. The molecule has 1 N–H and O–H groups in total. The Kier molecular flexibility index (Phi) is 5.50. The number of amides is 2. The Labute approximate surface area is 152 Å². The van der Waals surface area contributed by atoms with Gasteiger partial charge in [-0.05, 0) is 36.9 Å². The van der Waals surface area contributed by atoms with E-state index in [4.69, 9.17) is 0 Å². The number of rotatable bonds is 4. The molecule has 0 saturated carbocycles. The number of aryl methyl sites for hydroxylation is 1. The van der Waals surface area contributed by atoms with E-state index < -0.39 is 0 Å². The normalized spacial score (nSPS) is 16.5. The zero-order chi connectivity index (χ0) is 17.8. The predicted octanol–water partition coefficient (Wildman–Crippen LogP) is 2.84. The molecule has 3 rings (SSSR count). The van der Waals surface area contributed by atoms with Crippen molar-refractivity contribution in [3.63, 3.8) is 0 Å². The minimum Gasteiger partial charge on any atom is -0.335 e. The Morgan fingerprint density at radius 3 is 2.44 bits per heavy atom. The molecule has 5 nitrogen and oxygen atoms in total. The van der Waals surface area contributed by atoms with E-state index in [0.717, 1.165) is 16.1 Å². The monoisotopic (exact) mass is 357 g/mol. The highest BCUT2D eigenvalue weighted by Crippen LogP contribution is 2.17. The maximum Gasteiger partial charge on any atom is 0.264 e. The molecule has 1 aromatic heterocycles. The number of hydrogen-bond acceptors (Lipinski definition) is 4. The summed E-state index contributed by atoms with van der Waals surface area (Å²) in [5.41, 5.74) is 1.90. The van der Waals surface area contributed by atoms with Crippen molar-refractivity contribution in [2.75, 3.05) is 31.5 Å². The van der Waals surface area contributed by atoms with Crippen molar-refractivity contribution in [1.82, 2.24) is 9.80 Å². The standard InChI is InChI=1S/C19H23N3O2S/c1-14-6-3-4-7-16(14)20-18(23)15(2)21-9-11-22(12-10-21)19(24)17-8-5-13-25-17/h3-8,13,15H,9-12H2,1-2H3,(H,20,23)/t15-/m1/s1. The molecule has 2 heterocycles. The average Bonchev–Trinajstić information content (AvgIpc) is 3.17. The molecule has 1 aliphatic heterocycles. The molecule has 1 aromatic carbocycles. The van der Waals surface area contributed by atoms with Crippen LogP contribution in [0.5, 0.6) is 0 Å². The zero-order valence-electron chi connectivity index (χ0n) is 14.6. The topological polar surface area (TPSA) is 52.7 Å². The van der Waals surface area contributed by atoms with Gasteiger partial charge in [0.1, 0.15) is 0 Å². The summed E-state index contributed by atoms with van der Waals surface area (Å²) >= 11 is 1.47. The maximum absolute atomic E-state index is 12.5. The summed E-state index contributed by atoms with van der Waals surface area (Å²) in [5.74, 6) is 0.0824. The first-order valence-corrected chi connectivity index (χ1v) is 9.37. The summed E-state index contributed by atoms with van der Waals surface area (Å²) in [4.78, 5) is 29.7. The van der Waals surface area contributed by atoms with Gasteiger partial charge < -0.3 is 10.2 Å². The largest absolute Gasteiger partial charge is 0.335 e. The van der Waals surface area contributed by atoms with Gasteiger partial charge in [-0.15, -0.1) is 11.3 Å². The number of piperazine rings is 1. The van der Waals surface area contributed by atoms with Crippen LogP contribution in [0.15, 0.2) is 41.8 Å². The quantitative estimate of drug-likeness (QED) is 0.915. The van der Waals surface area contributed by atoms with Gasteiger partial charge in [-0.25, -0.2) is 0 Å². The fourth-order valence-electron chi connectivity index (χ4n) is 2.98. The summed E-state index contributed by atoms with van der Waals surface area (Å²) in [6.45, 7) is 6.62. The first kappa shape index (κ1) is 17.6. The highest BCUT2D eigenvalue weighted by molar-refractivity contribution is 7.12. The fourth-order valence-corrected chi connectivity index (χ4v) is 3.68. The number of carbonyl (C=O) groups is 2. The molecule has 1 saturated heterocycles. The lowest BCUT2D eigenvalue weighted by molar-refractivity contribution is -0.121. The molecule has 2 amide bonds. The minimum atomic E-state index is -0.224. The third kappa shape index (κ3) is 4.08. The van der Waals surface area contributed by atoms with E-state index in [9.17, 15) is 9.59 Å². The second kappa shape index (κ2) is 7.80. The first-order valence-electron chi connectivity index (χ1n) is 8.49. The van der Waals surface area contributed by atoms with Crippen molar-refractivity contribution >= 4 is 28.8 Å². The summed E-state index contributed by atoms with van der Waals surface area (Å²) in [6, 6.07) is 11.3.